The summed E-state index contributed by atoms with van der Waals surface area (Å²) in [6, 6.07) is 0. The predicted molar refractivity (Wildman–Crippen MR) is 71.9 cm³/mol. The van der Waals surface area contributed by atoms with Crippen molar-refractivity contribution in [2.24, 2.45) is 5.92 Å². The third kappa shape index (κ3) is 13.9. The molecule has 0 aromatic carbocycles. The summed E-state index contributed by atoms with van der Waals surface area (Å²) in [5.74, 6) is 0.871. The van der Waals surface area contributed by atoms with Crippen LogP contribution in [-0.2, 0) is 4.74 Å². The van der Waals surface area contributed by atoms with Crippen molar-refractivity contribution in [3.05, 3.63) is 0 Å². The van der Waals surface area contributed by atoms with Gasteiger partial charge in [0, 0.05) is 13.2 Å². The molecule has 0 aliphatic carbocycles. The van der Waals surface area contributed by atoms with E-state index in [-0.39, 0.29) is 0 Å². The van der Waals surface area contributed by atoms with E-state index in [2.05, 4.69) is 19.2 Å². The lowest BCUT2D eigenvalue weighted by atomic mass is 10.0. The third-order valence-electron chi connectivity index (χ3n) is 2.79. The van der Waals surface area contributed by atoms with Crippen molar-refractivity contribution < 1.29 is 4.74 Å². The van der Waals surface area contributed by atoms with Crippen molar-refractivity contribution in [1.82, 2.24) is 5.32 Å². The molecule has 0 fully saturated rings. The number of unbranched alkanes of at least 4 members (excludes halogenated alkanes) is 4. The van der Waals surface area contributed by atoms with E-state index in [0.717, 1.165) is 32.1 Å². The number of ether oxygens (including phenoxy) is 1. The predicted octanol–water partition coefficient (Wildman–Crippen LogP) is 3.61. The fourth-order valence-corrected chi connectivity index (χ4v) is 1.74. The molecular formula is C14H31NO. The van der Waals surface area contributed by atoms with Crippen LogP contribution in [0.2, 0.25) is 0 Å². The number of nitrogens with one attached hydrogen (secondary N) is 1. The van der Waals surface area contributed by atoms with Crippen LogP contribution in [0.5, 0.6) is 0 Å². The lowest BCUT2D eigenvalue weighted by molar-refractivity contribution is 0.127. The van der Waals surface area contributed by atoms with E-state index in [1.54, 1.807) is 0 Å². The molecule has 1 N–H and O–H groups in total. The van der Waals surface area contributed by atoms with Gasteiger partial charge in [0.05, 0.1) is 0 Å². The first kappa shape index (κ1) is 15.9. The molecule has 16 heavy (non-hydrogen) atoms. The van der Waals surface area contributed by atoms with E-state index in [0.29, 0.717) is 0 Å². The number of hydrogen-bond acceptors (Lipinski definition) is 2. The Bertz CT molecular complexity index is 126. The van der Waals surface area contributed by atoms with E-state index in [9.17, 15) is 0 Å². The second-order valence-corrected chi connectivity index (χ2v) is 5.02. The zero-order valence-electron chi connectivity index (χ0n) is 11.6. The molecule has 0 rings (SSSR count). The number of hydrogen-bond donors (Lipinski definition) is 1. The van der Waals surface area contributed by atoms with Gasteiger partial charge in [0.25, 0.3) is 0 Å². The third-order valence-corrected chi connectivity index (χ3v) is 2.79. The molecule has 2 heteroatoms. The lowest BCUT2D eigenvalue weighted by Gasteiger charge is -2.05. The largest absolute Gasteiger partial charge is 0.381 e. The van der Waals surface area contributed by atoms with Crippen molar-refractivity contribution in [2.75, 3.05) is 26.8 Å². The van der Waals surface area contributed by atoms with Crippen LogP contribution in [0, 0.1) is 5.92 Å². The summed E-state index contributed by atoms with van der Waals surface area (Å²) in [5.41, 5.74) is 0. The fourth-order valence-electron chi connectivity index (χ4n) is 1.74. The average molecular weight is 229 g/mol. The van der Waals surface area contributed by atoms with E-state index >= 15 is 0 Å². The van der Waals surface area contributed by atoms with Gasteiger partial charge in [-0.25, -0.2) is 0 Å². The smallest absolute Gasteiger partial charge is 0.0478 e. The highest BCUT2D eigenvalue weighted by atomic mass is 16.5. The van der Waals surface area contributed by atoms with E-state index in [4.69, 9.17) is 4.74 Å². The number of rotatable bonds is 12. The fraction of sp³-hybridized carbons (Fsp3) is 1.00. The second-order valence-electron chi connectivity index (χ2n) is 5.02. The maximum absolute atomic E-state index is 5.54. The highest BCUT2D eigenvalue weighted by Gasteiger charge is 1.95. The lowest BCUT2D eigenvalue weighted by Crippen LogP contribution is -2.10. The normalized spacial score (nSPS) is 11.2. The summed E-state index contributed by atoms with van der Waals surface area (Å²) < 4.78 is 5.54. The van der Waals surface area contributed by atoms with E-state index in [1.165, 1.54) is 38.5 Å². The minimum Gasteiger partial charge on any atom is -0.381 e. The molecule has 0 unspecified atom stereocenters. The van der Waals surface area contributed by atoms with Crippen LogP contribution in [0.15, 0.2) is 0 Å². The summed E-state index contributed by atoms with van der Waals surface area (Å²) in [6.07, 6.45) is 9.28. The molecule has 0 spiro atoms. The maximum atomic E-state index is 5.54. The molecule has 0 bridgehead atoms. The summed E-state index contributed by atoms with van der Waals surface area (Å²) in [6.45, 7) is 7.54. The Morgan fingerprint density at radius 2 is 1.50 bits per heavy atom. The van der Waals surface area contributed by atoms with Crippen molar-refractivity contribution >= 4 is 0 Å². The minimum atomic E-state index is 0.871. The van der Waals surface area contributed by atoms with Crippen molar-refractivity contribution in [2.45, 2.75) is 58.8 Å². The van der Waals surface area contributed by atoms with Gasteiger partial charge < -0.3 is 10.1 Å². The highest BCUT2D eigenvalue weighted by molar-refractivity contribution is 4.48. The van der Waals surface area contributed by atoms with E-state index in [1.807, 2.05) is 7.05 Å². The molecule has 2 nitrogen and oxygen atoms in total. The molecule has 0 aromatic rings. The molecule has 0 aliphatic rings. The molecule has 0 amide bonds. The van der Waals surface area contributed by atoms with Crippen LogP contribution < -0.4 is 5.32 Å². The van der Waals surface area contributed by atoms with Crippen LogP contribution in [0.3, 0.4) is 0 Å². The van der Waals surface area contributed by atoms with E-state index < -0.39 is 0 Å². The Balaban J connectivity index is 2.88. The monoisotopic (exact) mass is 229 g/mol. The van der Waals surface area contributed by atoms with Gasteiger partial charge in [-0.2, -0.15) is 0 Å². The highest BCUT2D eigenvalue weighted by Crippen LogP contribution is 2.10. The molecule has 98 valence electrons. The Morgan fingerprint density at radius 3 is 2.19 bits per heavy atom. The van der Waals surface area contributed by atoms with Gasteiger partial charge in [0.1, 0.15) is 0 Å². The van der Waals surface area contributed by atoms with Gasteiger partial charge >= 0.3 is 0 Å². The van der Waals surface area contributed by atoms with Crippen molar-refractivity contribution in [3.63, 3.8) is 0 Å². The molecule has 0 radical (unpaired) electrons. The molecular weight excluding hydrogens is 198 g/mol. The van der Waals surface area contributed by atoms with Crippen LogP contribution in [0.1, 0.15) is 58.8 Å². The van der Waals surface area contributed by atoms with Gasteiger partial charge in [-0.3, -0.25) is 0 Å². The SMILES string of the molecule is CNCCCOCCCCCCCC(C)C. The first-order valence-corrected chi connectivity index (χ1v) is 6.99. The van der Waals surface area contributed by atoms with Crippen LogP contribution in [-0.4, -0.2) is 26.8 Å². The molecule has 0 heterocycles. The van der Waals surface area contributed by atoms with Crippen molar-refractivity contribution in [1.29, 1.82) is 0 Å². The summed E-state index contributed by atoms with van der Waals surface area (Å²) in [7, 11) is 1.98. The Morgan fingerprint density at radius 1 is 0.875 bits per heavy atom. The molecule has 0 aliphatic heterocycles. The van der Waals surface area contributed by atoms with Gasteiger partial charge in [-0.05, 0) is 32.4 Å². The molecule has 0 aromatic heterocycles. The molecule has 0 saturated carbocycles. The quantitative estimate of drug-likeness (QED) is 0.516. The summed E-state index contributed by atoms with van der Waals surface area (Å²) >= 11 is 0. The standard InChI is InChI=1S/C14H31NO/c1-14(2)10-7-5-4-6-8-12-16-13-9-11-15-3/h14-15H,4-13H2,1-3H3. The minimum absolute atomic E-state index is 0.871. The molecule has 0 saturated heterocycles. The summed E-state index contributed by atoms with van der Waals surface area (Å²) in [5, 5.41) is 3.12. The molecule has 0 atom stereocenters. The first-order chi connectivity index (χ1) is 7.77. The maximum Gasteiger partial charge on any atom is 0.0478 e. The van der Waals surface area contributed by atoms with Gasteiger partial charge in [0.15, 0.2) is 0 Å². The van der Waals surface area contributed by atoms with Crippen LogP contribution in [0.25, 0.3) is 0 Å². The van der Waals surface area contributed by atoms with Gasteiger partial charge in [0.2, 0.25) is 0 Å². The Hall–Kier alpha value is -0.0800. The second kappa shape index (κ2) is 13.0. The first-order valence-electron chi connectivity index (χ1n) is 6.99. The Labute approximate surface area is 102 Å². The zero-order valence-corrected chi connectivity index (χ0v) is 11.6. The average Bonchev–Trinajstić information content (AvgIpc) is 2.25. The Kier molecular flexibility index (Phi) is 12.9. The summed E-state index contributed by atoms with van der Waals surface area (Å²) in [4.78, 5) is 0. The topological polar surface area (TPSA) is 21.3 Å². The van der Waals surface area contributed by atoms with Gasteiger partial charge in [-0.1, -0.05) is 46.0 Å². The van der Waals surface area contributed by atoms with Crippen LogP contribution >= 0.6 is 0 Å². The van der Waals surface area contributed by atoms with Crippen molar-refractivity contribution in [3.8, 4) is 0 Å². The van der Waals surface area contributed by atoms with Crippen LogP contribution in [0.4, 0.5) is 0 Å². The zero-order chi connectivity index (χ0) is 12.1. The van der Waals surface area contributed by atoms with Gasteiger partial charge in [-0.15, -0.1) is 0 Å².